The summed E-state index contributed by atoms with van der Waals surface area (Å²) in [5.41, 5.74) is 2.39. The summed E-state index contributed by atoms with van der Waals surface area (Å²) in [7, 11) is 0. The number of nitrogens with zero attached hydrogens (tertiary/aromatic N) is 2. The molecule has 5 nitrogen and oxygen atoms in total. The Hall–Kier alpha value is -1.48. The van der Waals surface area contributed by atoms with E-state index in [1.54, 1.807) is 6.07 Å². The number of carbonyl (C=O) groups excluding carboxylic acids is 1. The SMILES string of the molecule is O=C(O)[C@H]1CCc2c(I)nn(C(=O)c3c(C4CC4)ccc(F)c3Cl)c2C1. The normalized spacial score (nSPS) is 19.3. The van der Waals surface area contributed by atoms with Crippen molar-refractivity contribution in [1.29, 1.82) is 0 Å². The average Bonchev–Trinajstić information content (AvgIpc) is 3.40. The molecule has 136 valence electrons. The van der Waals surface area contributed by atoms with Gasteiger partial charge in [-0.2, -0.15) is 9.78 Å². The molecule has 8 heteroatoms. The minimum absolute atomic E-state index is 0.147. The van der Waals surface area contributed by atoms with Gasteiger partial charge in [-0.3, -0.25) is 9.59 Å². The highest BCUT2D eigenvalue weighted by Crippen LogP contribution is 2.44. The van der Waals surface area contributed by atoms with Crippen LogP contribution in [0, 0.1) is 15.4 Å². The zero-order valence-electron chi connectivity index (χ0n) is 13.6. The number of carboxylic acid groups (broad SMARTS) is 1. The molecule has 0 amide bonds. The molecule has 1 atom stereocenters. The van der Waals surface area contributed by atoms with Crippen molar-refractivity contribution >= 4 is 46.1 Å². The second kappa shape index (κ2) is 6.60. The van der Waals surface area contributed by atoms with Gasteiger partial charge in [0.1, 0.15) is 9.52 Å². The molecule has 1 N–H and O–H groups in total. The van der Waals surface area contributed by atoms with Crippen LogP contribution in [0.15, 0.2) is 12.1 Å². The van der Waals surface area contributed by atoms with E-state index >= 15 is 0 Å². The number of hydrogen-bond donors (Lipinski definition) is 1. The summed E-state index contributed by atoms with van der Waals surface area (Å²) >= 11 is 8.20. The number of aliphatic carboxylic acids is 1. The van der Waals surface area contributed by atoms with Gasteiger partial charge in [-0.1, -0.05) is 17.7 Å². The summed E-state index contributed by atoms with van der Waals surface area (Å²) in [5.74, 6) is -2.34. The molecule has 4 rings (SSSR count). The fourth-order valence-corrected chi connectivity index (χ4v) is 4.62. The number of fused-ring (bicyclic) bond motifs is 1. The molecule has 26 heavy (non-hydrogen) atoms. The molecule has 2 aliphatic rings. The van der Waals surface area contributed by atoms with Gasteiger partial charge in [0.15, 0.2) is 0 Å². The quantitative estimate of drug-likeness (QED) is 0.662. The molecular formula is C18H15ClFIN2O3. The van der Waals surface area contributed by atoms with Crippen LogP contribution in [0.2, 0.25) is 5.02 Å². The van der Waals surface area contributed by atoms with E-state index < -0.39 is 23.6 Å². The predicted molar refractivity (Wildman–Crippen MR) is 101 cm³/mol. The van der Waals surface area contributed by atoms with Gasteiger partial charge in [0, 0.05) is 12.0 Å². The molecule has 0 saturated heterocycles. The van der Waals surface area contributed by atoms with Crippen LogP contribution in [-0.4, -0.2) is 26.8 Å². The summed E-state index contributed by atoms with van der Waals surface area (Å²) in [6.07, 6.45) is 3.20. The summed E-state index contributed by atoms with van der Waals surface area (Å²) in [6.45, 7) is 0. The smallest absolute Gasteiger partial charge is 0.306 e. The van der Waals surface area contributed by atoms with Crippen LogP contribution in [-0.2, 0) is 17.6 Å². The maximum absolute atomic E-state index is 14.0. The standard InChI is InChI=1S/C18H15ClFIN2O3/c19-15-12(20)6-5-10(8-1-2-8)14(15)17(24)23-13-7-9(18(25)26)3-4-11(13)16(21)22-23/h5-6,8-9H,1-4,7H2,(H,25,26)/t9-/m0/s1. The molecule has 1 aromatic heterocycles. The molecule has 1 saturated carbocycles. The van der Waals surface area contributed by atoms with E-state index in [1.165, 1.54) is 10.7 Å². The van der Waals surface area contributed by atoms with Crippen molar-refractivity contribution in [2.24, 2.45) is 5.92 Å². The van der Waals surface area contributed by atoms with E-state index in [4.69, 9.17) is 11.6 Å². The first kappa shape index (κ1) is 17.9. The van der Waals surface area contributed by atoms with E-state index in [9.17, 15) is 19.1 Å². The number of halogens is 3. The maximum Gasteiger partial charge on any atom is 0.306 e. The van der Waals surface area contributed by atoms with Crippen LogP contribution in [0.3, 0.4) is 0 Å². The van der Waals surface area contributed by atoms with Gasteiger partial charge < -0.3 is 5.11 Å². The Labute approximate surface area is 167 Å². The largest absolute Gasteiger partial charge is 0.481 e. The van der Waals surface area contributed by atoms with Crippen molar-refractivity contribution in [3.63, 3.8) is 0 Å². The third-order valence-electron chi connectivity index (χ3n) is 5.12. The molecule has 0 bridgehead atoms. The zero-order chi connectivity index (χ0) is 18.6. The zero-order valence-corrected chi connectivity index (χ0v) is 16.6. The fourth-order valence-electron chi connectivity index (χ4n) is 3.57. The van der Waals surface area contributed by atoms with Crippen LogP contribution in [0.25, 0.3) is 0 Å². The Balaban J connectivity index is 1.82. The van der Waals surface area contributed by atoms with E-state index in [2.05, 4.69) is 27.7 Å². The number of hydrogen-bond acceptors (Lipinski definition) is 3. The Morgan fingerprint density at radius 3 is 2.69 bits per heavy atom. The lowest BCUT2D eigenvalue weighted by molar-refractivity contribution is -0.142. The van der Waals surface area contributed by atoms with Gasteiger partial charge >= 0.3 is 5.97 Å². The minimum atomic E-state index is -0.881. The lowest BCUT2D eigenvalue weighted by Gasteiger charge is -2.20. The summed E-state index contributed by atoms with van der Waals surface area (Å²) in [4.78, 5) is 24.6. The summed E-state index contributed by atoms with van der Waals surface area (Å²) < 4.78 is 15.9. The van der Waals surface area contributed by atoms with E-state index in [1.807, 2.05) is 0 Å². The Bertz CT molecular complexity index is 939. The van der Waals surface area contributed by atoms with Gasteiger partial charge in [0.05, 0.1) is 22.2 Å². The molecule has 1 fully saturated rings. The Morgan fingerprint density at radius 2 is 2.04 bits per heavy atom. The van der Waals surface area contributed by atoms with E-state index in [0.29, 0.717) is 22.2 Å². The molecule has 2 aliphatic carbocycles. The number of aromatic nitrogens is 2. The third-order valence-corrected chi connectivity index (χ3v) is 6.36. The number of benzene rings is 1. The van der Waals surface area contributed by atoms with Gasteiger partial charge in [-0.25, -0.2) is 4.39 Å². The third kappa shape index (κ3) is 2.94. The van der Waals surface area contributed by atoms with E-state index in [0.717, 1.165) is 24.0 Å². The molecule has 0 aliphatic heterocycles. The van der Waals surface area contributed by atoms with E-state index in [-0.39, 0.29) is 22.9 Å². The molecule has 1 heterocycles. The topological polar surface area (TPSA) is 72.2 Å². The maximum atomic E-state index is 14.0. The van der Waals surface area contributed by atoms with Gasteiger partial charge in [0.25, 0.3) is 5.91 Å². The average molecular weight is 489 g/mol. The molecule has 1 aromatic carbocycles. The monoisotopic (exact) mass is 488 g/mol. The van der Waals surface area contributed by atoms with Crippen molar-refractivity contribution in [2.75, 3.05) is 0 Å². The Morgan fingerprint density at radius 1 is 1.31 bits per heavy atom. The second-order valence-electron chi connectivity index (χ2n) is 6.81. The highest BCUT2D eigenvalue weighted by atomic mass is 127. The van der Waals surface area contributed by atoms with Crippen LogP contribution in [0.1, 0.15) is 52.4 Å². The van der Waals surface area contributed by atoms with Crippen LogP contribution >= 0.6 is 34.2 Å². The molecule has 0 radical (unpaired) electrons. The second-order valence-corrected chi connectivity index (χ2v) is 8.21. The van der Waals surface area contributed by atoms with Crippen LogP contribution in [0.5, 0.6) is 0 Å². The highest BCUT2D eigenvalue weighted by Gasteiger charge is 2.35. The van der Waals surface area contributed by atoms with Gasteiger partial charge in [-0.15, -0.1) is 0 Å². The van der Waals surface area contributed by atoms with Crippen LogP contribution in [0.4, 0.5) is 4.39 Å². The summed E-state index contributed by atoms with van der Waals surface area (Å²) in [6, 6.07) is 2.91. The predicted octanol–water partition coefficient (Wildman–Crippen LogP) is 4.04. The van der Waals surface area contributed by atoms with Crippen molar-refractivity contribution in [3.05, 3.63) is 49.1 Å². The first-order valence-electron chi connectivity index (χ1n) is 8.40. The highest BCUT2D eigenvalue weighted by molar-refractivity contribution is 14.1. The lowest BCUT2D eigenvalue weighted by atomic mass is 9.88. The first-order chi connectivity index (χ1) is 12.4. The minimum Gasteiger partial charge on any atom is -0.481 e. The number of rotatable bonds is 3. The molecule has 0 unspecified atom stereocenters. The van der Waals surface area contributed by atoms with Crippen molar-refractivity contribution < 1.29 is 19.1 Å². The first-order valence-corrected chi connectivity index (χ1v) is 9.85. The Kier molecular flexibility index (Phi) is 4.54. The van der Waals surface area contributed by atoms with Crippen molar-refractivity contribution in [1.82, 2.24) is 9.78 Å². The number of carbonyl (C=O) groups is 2. The van der Waals surface area contributed by atoms with Crippen molar-refractivity contribution in [3.8, 4) is 0 Å². The molecular weight excluding hydrogens is 474 g/mol. The summed E-state index contributed by atoms with van der Waals surface area (Å²) in [5, 5.41) is 13.5. The van der Waals surface area contributed by atoms with Crippen molar-refractivity contribution in [2.45, 2.75) is 38.0 Å². The fraction of sp³-hybridized carbons (Fsp3) is 0.389. The lowest BCUT2D eigenvalue weighted by Crippen LogP contribution is -2.26. The molecule has 0 spiro atoms. The van der Waals surface area contributed by atoms with Gasteiger partial charge in [0.2, 0.25) is 0 Å². The molecule has 2 aromatic rings. The van der Waals surface area contributed by atoms with Crippen LogP contribution < -0.4 is 0 Å². The van der Waals surface area contributed by atoms with Gasteiger partial charge in [-0.05, 0) is 65.8 Å². The number of carboxylic acids is 1.